The first-order chi connectivity index (χ1) is 11.1. The molecule has 0 spiro atoms. The summed E-state index contributed by atoms with van der Waals surface area (Å²) in [6, 6.07) is 4.06. The van der Waals surface area contributed by atoms with E-state index in [0.29, 0.717) is 0 Å². The van der Waals surface area contributed by atoms with Gasteiger partial charge in [-0.1, -0.05) is 6.07 Å². The van der Waals surface area contributed by atoms with Gasteiger partial charge >= 0.3 is 6.03 Å². The third-order valence-corrected chi connectivity index (χ3v) is 4.95. The van der Waals surface area contributed by atoms with E-state index in [9.17, 15) is 4.79 Å². The van der Waals surface area contributed by atoms with E-state index in [2.05, 4.69) is 37.9 Å². The van der Waals surface area contributed by atoms with E-state index in [1.54, 1.807) is 17.7 Å². The summed E-state index contributed by atoms with van der Waals surface area (Å²) in [4.78, 5) is 18.0. The third-order valence-electron chi connectivity index (χ3n) is 4.09. The van der Waals surface area contributed by atoms with Crippen LogP contribution in [0.25, 0.3) is 0 Å². The number of amides is 2. The second kappa shape index (κ2) is 7.10. The molecule has 2 aromatic rings. The Morgan fingerprint density at radius 2 is 2.17 bits per heavy atom. The van der Waals surface area contributed by atoms with Gasteiger partial charge in [0.1, 0.15) is 6.33 Å². The van der Waals surface area contributed by atoms with Crippen molar-refractivity contribution in [1.82, 2.24) is 29.9 Å². The van der Waals surface area contributed by atoms with Crippen molar-refractivity contribution in [2.45, 2.75) is 19.5 Å². The Labute approximate surface area is 139 Å². The molecule has 23 heavy (non-hydrogen) atoms. The van der Waals surface area contributed by atoms with Crippen LogP contribution in [0.2, 0.25) is 0 Å². The third kappa shape index (κ3) is 3.89. The van der Waals surface area contributed by atoms with Gasteiger partial charge in [-0.2, -0.15) is 0 Å². The summed E-state index contributed by atoms with van der Waals surface area (Å²) in [6.45, 7) is 6.22. The van der Waals surface area contributed by atoms with Gasteiger partial charge in [0, 0.05) is 44.6 Å². The largest absolute Gasteiger partial charge is 0.328 e. The normalized spacial score (nSPS) is 17.2. The van der Waals surface area contributed by atoms with E-state index >= 15 is 0 Å². The molecule has 1 fully saturated rings. The van der Waals surface area contributed by atoms with E-state index < -0.39 is 0 Å². The molecule has 2 aromatic heterocycles. The first-order valence-corrected chi connectivity index (χ1v) is 8.65. The molecule has 0 unspecified atom stereocenters. The molecule has 0 aromatic carbocycles. The second-order valence-electron chi connectivity index (χ2n) is 5.81. The standard InChI is InChI=1S/C15H22N6OS/c1-12(14-18-16-11-19(14)2)17-15(22)21-7-5-20(6-8-21)10-13-4-3-9-23-13/h3-4,9,11-12H,5-8,10H2,1-2H3,(H,17,22)/t12-/m1/s1. The number of thiophene rings is 1. The highest BCUT2D eigenvalue weighted by Gasteiger charge is 2.23. The van der Waals surface area contributed by atoms with Gasteiger partial charge in [0.25, 0.3) is 0 Å². The minimum Gasteiger partial charge on any atom is -0.328 e. The van der Waals surface area contributed by atoms with Crippen LogP contribution < -0.4 is 5.32 Å². The van der Waals surface area contributed by atoms with Crippen molar-refractivity contribution in [2.75, 3.05) is 26.2 Å². The van der Waals surface area contributed by atoms with Gasteiger partial charge in [-0.3, -0.25) is 4.90 Å². The minimum atomic E-state index is -0.154. The van der Waals surface area contributed by atoms with Crippen LogP contribution in [0, 0.1) is 0 Å². The number of hydrogen-bond donors (Lipinski definition) is 1. The number of aromatic nitrogens is 3. The Kier molecular flexibility index (Phi) is 4.92. The molecule has 0 saturated carbocycles. The van der Waals surface area contributed by atoms with Gasteiger partial charge in [0.15, 0.2) is 5.82 Å². The van der Waals surface area contributed by atoms with Crippen LogP contribution in [0.1, 0.15) is 23.7 Å². The number of hydrogen-bond acceptors (Lipinski definition) is 5. The number of rotatable bonds is 4. The fraction of sp³-hybridized carbons (Fsp3) is 0.533. The van der Waals surface area contributed by atoms with Crippen LogP contribution in [0.4, 0.5) is 4.79 Å². The monoisotopic (exact) mass is 334 g/mol. The van der Waals surface area contributed by atoms with Crippen LogP contribution in [0.5, 0.6) is 0 Å². The molecule has 3 heterocycles. The maximum Gasteiger partial charge on any atom is 0.318 e. The minimum absolute atomic E-state index is 0.0312. The summed E-state index contributed by atoms with van der Waals surface area (Å²) in [5, 5.41) is 13.0. The Hall–Kier alpha value is -1.93. The molecule has 124 valence electrons. The average Bonchev–Trinajstić information content (AvgIpc) is 3.19. The topological polar surface area (TPSA) is 66.3 Å². The molecule has 1 N–H and O–H groups in total. The van der Waals surface area contributed by atoms with E-state index in [4.69, 9.17) is 0 Å². The van der Waals surface area contributed by atoms with Crippen LogP contribution in [-0.2, 0) is 13.6 Å². The summed E-state index contributed by atoms with van der Waals surface area (Å²) in [5.41, 5.74) is 0. The van der Waals surface area contributed by atoms with Crippen LogP contribution in [0.3, 0.4) is 0 Å². The molecule has 1 atom stereocenters. The van der Waals surface area contributed by atoms with Crippen molar-refractivity contribution in [2.24, 2.45) is 7.05 Å². The Morgan fingerprint density at radius 1 is 1.39 bits per heavy atom. The van der Waals surface area contributed by atoms with Crippen molar-refractivity contribution in [1.29, 1.82) is 0 Å². The molecule has 1 aliphatic heterocycles. The quantitative estimate of drug-likeness (QED) is 0.919. The van der Waals surface area contributed by atoms with Crippen molar-refractivity contribution in [3.8, 4) is 0 Å². The molecule has 3 rings (SSSR count). The van der Waals surface area contributed by atoms with E-state index in [0.717, 1.165) is 38.5 Å². The molecule has 0 aliphatic carbocycles. The highest BCUT2D eigenvalue weighted by molar-refractivity contribution is 7.09. The predicted molar refractivity (Wildman–Crippen MR) is 89.1 cm³/mol. The molecular weight excluding hydrogens is 312 g/mol. The van der Waals surface area contributed by atoms with E-state index in [1.165, 1.54) is 4.88 Å². The Balaban J connectivity index is 1.47. The van der Waals surface area contributed by atoms with Gasteiger partial charge in [-0.15, -0.1) is 21.5 Å². The number of carbonyl (C=O) groups is 1. The zero-order valence-electron chi connectivity index (χ0n) is 13.5. The van der Waals surface area contributed by atoms with Gasteiger partial charge in [0.2, 0.25) is 0 Å². The molecular formula is C15H22N6OS. The number of urea groups is 1. The smallest absolute Gasteiger partial charge is 0.318 e. The fourth-order valence-electron chi connectivity index (χ4n) is 2.76. The summed E-state index contributed by atoms with van der Waals surface area (Å²) < 4.78 is 1.82. The fourth-order valence-corrected chi connectivity index (χ4v) is 3.50. The molecule has 1 aliphatic rings. The second-order valence-corrected chi connectivity index (χ2v) is 6.85. The summed E-state index contributed by atoms with van der Waals surface area (Å²) in [5.74, 6) is 0.759. The van der Waals surface area contributed by atoms with Crippen molar-refractivity contribution in [3.05, 3.63) is 34.5 Å². The molecule has 0 bridgehead atoms. The van der Waals surface area contributed by atoms with E-state index in [-0.39, 0.29) is 12.1 Å². The summed E-state index contributed by atoms with van der Waals surface area (Å²) in [7, 11) is 1.88. The highest BCUT2D eigenvalue weighted by atomic mass is 32.1. The van der Waals surface area contributed by atoms with Crippen LogP contribution in [0.15, 0.2) is 23.8 Å². The molecule has 2 amide bonds. The maximum atomic E-state index is 12.4. The van der Waals surface area contributed by atoms with Gasteiger partial charge in [-0.05, 0) is 18.4 Å². The Morgan fingerprint density at radius 3 is 2.78 bits per heavy atom. The van der Waals surface area contributed by atoms with E-state index in [1.807, 2.05) is 23.4 Å². The lowest BCUT2D eigenvalue weighted by Crippen LogP contribution is -2.51. The van der Waals surface area contributed by atoms with Crippen LogP contribution in [-0.4, -0.2) is 56.8 Å². The molecule has 1 saturated heterocycles. The molecule has 8 heteroatoms. The molecule has 0 radical (unpaired) electrons. The number of piperazine rings is 1. The Bertz CT molecular complexity index is 632. The highest BCUT2D eigenvalue weighted by Crippen LogP contribution is 2.14. The zero-order chi connectivity index (χ0) is 16.2. The number of nitrogens with zero attached hydrogens (tertiary/aromatic N) is 5. The zero-order valence-corrected chi connectivity index (χ0v) is 14.3. The van der Waals surface area contributed by atoms with Gasteiger partial charge in [0.05, 0.1) is 6.04 Å². The first kappa shape index (κ1) is 15.9. The number of nitrogens with one attached hydrogen (secondary N) is 1. The summed E-state index contributed by atoms with van der Waals surface area (Å²) in [6.07, 6.45) is 1.64. The average molecular weight is 334 g/mol. The molecule has 7 nitrogen and oxygen atoms in total. The first-order valence-electron chi connectivity index (χ1n) is 7.77. The lowest BCUT2D eigenvalue weighted by molar-refractivity contribution is 0.134. The summed E-state index contributed by atoms with van der Waals surface area (Å²) >= 11 is 1.78. The van der Waals surface area contributed by atoms with Gasteiger partial charge < -0.3 is 14.8 Å². The SMILES string of the molecule is C[C@@H](NC(=O)N1CCN(Cc2cccs2)CC1)c1nncn1C. The van der Waals surface area contributed by atoms with Crippen molar-refractivity contribution >= 4 is 17.4 Å². The number of carbonyl (C=O) groups excluding carboxylic acids is 1. The van der Waals surface area contributed by atoms with Crippen LogP contribution >= 0.6 is 11.3 Å². The number of aryl methyl sites for hydroxylation is 1. The van der Waals surface area contributed by atoms with Crippen molar-refractivity contribution < 1.29 is 4.79 Å². The van der Waals surface area contributed by atoms with Gasteiger partial charge in [-0.25, -0.2) is 4.79 Å². The predicted octanol–water partition coefficient (Wildman–Crippen LogP) is 1.46. The lowest BCUT2D eigenvalue weighted by Gasteiger charge is -2.35. The lowest BCUT2D eigenvalue weighted by atomic mass is 10.3. The van der Waals surface area contributed by atoms with Crippen molar-refractivity contribution in [3.63, 3.8) is 0 Å². The maximum absolute atomic E-state index is 12.4.